The lowest BCUT2D eigenvalue weighted by Crippen LogP contribution is -2.41. The molecule has 17 heavy (non-hydrogen) atoms. The average Bonchev–Trinajstić information content (AvgIpc) is 3.02. The predicted octanol–water partition coefficient (Wildman–Crippen LogP) is 1.32. The molecule has 1 saturated carbocycles. The first-order valence-electron chi connectivity index (χ1n) is 5.73. The van der Waals surface area contributed by atoms with Crippen LogP contribution in [0.2, 0.25) is 0 Å². The summed E-state index contributed by atoms with van der Waals surface area (Å²) in [5.74, 6) is 0.141. The van der Waals surface area contributed by atoms with Crippen LogP contribution >= 0.6 is 11.3 Å². The molecule has 1 aliphatic rings. The summed E-state index contributed by atoms with van der Waals surface area (Å²) in [7, 11) is 1.40. The molecule has 94 valence electrons. The van der Waals surface area contributed by atoms with Gasteiger partial charge in [-0.25, -0.2) is 0 Å². The summed E-state index contributed by atoms with van der Waals surface area (Å²) in [6.45, 7) is 0.382. The third kappa shape index (κ3) is 3.28. The molecule has 0 bridgehead atoms. The van der Waals surface area contributed by atoms with Gasteiger partial charge < -0.3 is 15.2 Å². The van der Waals surface area contributed by atoms with Gasteiger partial charge in [0.2, 0.25) is 0 Å². The van der Waals surface area contributed by atoms with E-state index >= 15 is 0 Å². The maximum absolute atomic E-state index is 11.5. The maximum Gasteiger partial charge on any atom is 0.323 e. The van der Waals surface area contributed by atoms with Gasteiger partial charge in [-0.05, 0) is 41.1 Å². The molecule has 1 aromatic rings. The van der Waals surface area contributed by atoms with Gasteiger partial charge in [-0.3, -0.25) is 4.79 Å². The van der Waals surface area contributed by atoms with E-state index in [0.29, 0.717) is 12.5 Å². The number of rotatable bonds is 6. The van der Waals surface area contributed by atoms with Crippen molar-refractivity contribution >= 4 is 17.3 Å². The normalized spacial score (nSPS) is 18.7. The number of hydrogen-bond donors (Lipinski definition) is 2. The number of carbonyl (C=O) groups is 1. The monoisotopic (exact) mass is 255 g/mol. The lowest BCUT2D eigenvalue weighted by atomic mass is 10.1. The van der Waals surface area contributed by atoms with Crippen molar-refractivity contribution in [2.45, 2.75) is 25.0 Å². The summed E-state index contributed by atoms with van der Waals surface area (Å²) in [5, 5.41) is 16.8. The Morgan fingerprint density at radius 1 is 1.71 bits per heavy atom. The SMILES string of the molecule is COC(=O)C(NCC(O)c1ccsc1)C1CC1. The Morgan fingerprint density at radius 2 is 2.47 bits per heavy atom. The Morgan fingerprint density at radius 3 is 3.00 bits per heavy atom. The molecule has 1 aromatic heterocycles. The van der Waals surface area contributed by atoms with Crippen molar-refractivity contribution in [3.8, 4) is 0 Å². The number of thiophene rings is 1. The van der Waals surface area contributed by atoms with Crippen molar-refractivity contribution < 1.29 is 14.6 Å². The number of ether oxygens (including phenoxy) is 1. The quantitative estimate of drug-likeness (QED) is 0.753. The van der Waals surface area contributed by atoms with Crippen molar-refractivity contribution in [1.29, 1.82) is 0 Å². The highest BCUT2D eigenvalue weighted by atomic mass is 32.1. The van der Waals surface area contributed by atoms with Gasteiger partial charge in [0.15, 0.2) is 0 Å². The first-order chi connectivity index (χ1) is 8.22. The maximum atomic E-state index is 11.5. The van der Waals surface area contributed by atoms with Crippen LogP contribution in [0.1, 0.15) is 24.5 Å². The zero-order valence-electron chi connectivity index (χ0n) is 9.76. The molecule has 2 N–H and O–H groups in total. The fourth-order valence-electron chi connectivity index (χ4n) is 1.82. The molecule has 0 aromatic carbocycles. The molecule has 1 heterocycles. The second kappa shape index (κ2) is 5.62. The smallest absolute Gasteiger partial charge is 0.323 e. The second-order valence-corrected chi connectivity index (χ2v) is 5.10. The van der Waals surface area contributed by atoms with Crippen molar-refractivity contribution in [2.75, 3.05) is 13.7 Å². The van der Waals surface area contributed by atoms with Crippen LogP contribution in [0, 0.1) is 5.92 Å². The van der Waals surface area contributed by atoms with Crippen molar-refractivity contribution in [3.05, 3.63) is 22.4 Å². The summed E-state index contributed by atoms with van der Waals surface area (Å²) in [6.07, 6.45) is 1.55. The van der Waals surface area contributed by atoms with Gasteiger partial charge in [-0.15, -0.1) is 0 Å². The van der Waals surface area contributed by atoms with Crippen LogP contribution in [0.25, 0.3) is 0 Å². The fraction of sp³-hybridized carbons (Fsp3) is 0.583. The highest BCUT2D eigenvalue weighted by Gasteiger charge is 2.36. The Bertz CT molecular complexity index is 362. The number of aliphatic hydroxyl groups is 1. The van der Waals surface area contributed by atoms with Gasteiger partial charge in [0.1, 0.15) is 6.04 Å². The molecule has 2 rings (SSSR count). The minimum Gasteiger partial charge on any atom is -0.468 e. The molecule has 1 aliphatic carbocycles. The van der Waals surface area contributed by atoms with Gasteiger partial charge in [0, 0.05) is 6.54 Å². The van der Waals surface area contributed by atoms with Crippen LogP contribution in [-0.2, 0) is 9.53 Å². The number of nitrogens with one attached hydrogen (secondary N) is 1. The van der Waals surface area contributed by atoms with E-state index in [1.165, 1.54) is 7.11 Å². The fourth-order valence-corrected chi connectivity index (χ4v) is 2.53. The Balaban J connectivity index is 1.85. The Labute approximate surface area is 105 Å². The topological polar surface area (TPSA) is 58.6 Å². The first kappa shape index (κ1) is 12.5. The van der Waals surface area contributed by atoms with E-state index in [0.717, 1.165) is 18.4 Å². The van der Waals surface area contributed by atoms with Crippen LogP contribution in [0.3, 0.4) is 0 Å². The molecular weight excluding hydrogens is 238 g/mol. The largest absolute Gasteiger partial charge is 0.468 e. The molecule has 0 saturated heterocycles. The van der Waals surface area contributed by atoms with Crippen molar-refractivity contribution in [1.82, 2.24) is 5.32 Å². The standard InChI is InChI=1S/C12H17NO3S/c1-16-12(15)11(8-2-3-8)13-6-10(14)9-4-5-17-7-9/h4-5,7-8,10-11,13-14H,2-3,6H2,1H3. The minimum atomic E-state index is -0.563. The lowest BCUT2D eigenvalue weighted by molar-refractivity contribution is -0.143. The van der Waals surface area contributed by atoms with Gasteiger partial charge >= 0.3 is 5.97 Å². The summed E-state index contributed by atoms with van der Waals surface area (Å²) >= 11 is 1.55. The van der Waals surface area contributed by atoms with Gasteiger partial charge in [-0.1, -0.05) is 0 Å². The van der Waals surface area contributed by atoms with Crippen molar-refractivity contribution in [3.63, 3.8) is 0 Å². The zero-order valence-corrected chi connectivity index (χ0v) is 10.6. The number of aliphatic hydroxyl groups excluding tert-OH is 1. The average molecular weight is 255 g/mol. The highest BCUT2D eigenvalue weighted by molar-refractivity contribution is 7.07. The number of hydrogen-bond acceptors (Lipinski definition) is 5. The molecule has 4 nitrogen and oxygen atoms in total. The van der Waals surface area contributed by atoms with E-state index < -0.39 is 6.10 Å². The number of carbonyl (C=O) groups excluding carboxylic acids is 1. The van der Waals surface area contributed by atoms with E-state index in [2.05, 4.69) is 5.32 Å². The number of esters is 1. The minimum absolute atomic E-state index is 0.231. The van der Waals surface area contributed by atoms with Crippen LogP contribution in [0.5, 0.6) is 0 Å². The molecule has 1 fully saturated rings. The summed E-state index contributed by atoms with van der Waals surface area (Å²) < 4.78 is 4.76. The Hall–Kier alpha value is -0.910. The van der Waals surface area contributed by atoms with Gasteiger partial charge in [0.25, 0.3) is 0 Å². The summed E-state index contributed by atoms with van der Waals surface area (Å²) in [4.78, 5) is 11.5. The zero-order chi connectivity index (χ0) is 12.3. The lowest BCUT2D eigenvalue weighted by Gasteiger charge is -2.18. The van der Waals surface area contributed by atoms with E-state index in [1.807, 2.05) is 16.8 Å². The van der Waals surface area contributed by atoms with Crippen LogP contribution in [0.15, 0.2) is 16.8 Å². The van der Waals surface area contributed by atoms with Crippen LogP contribution in [-0.4, -0.2) is 30.8 Å². The molecular formula is C12H17NO3S. The highest BCUT2D eigenvalue weighted by Crippen LogP contribution is 2.33. The predicted molar refractivity (Wildman–Crippen MR) is 65.8 cm³/mol. The molecule has 2 unspecified atom stereocenters. The molecule has 2 atom stereocenters. The molecule has 0 spiro atoms. The van der Waals surface area contributed by atoms with Gasteiger partial charge in [0.05, 0.1) is 13.2 Å². The number of methoxy groups -OCH3 is 1. The first-order valence-corrected chi connectivity index (χ1v) is 6.68. The third-order valence-electron chi connectivity index (χ3n) is 3.01. The van der Waals surface area contributed by atoms with E-state index in [4.69, 9.17) is 4.74 Å². The second-order valence-electron chi connectivity index (χ2n) is 4.32. The molecule has 5 heteroatoms. The molecule has 0 aliphatic heterocycles. The summed E-state index contributed by atoms with van der Waals surface area (Å²) in [5.41, 5.74) is 0.891. The van der Waals surface area contributed by atoms with E-state index in [1.54, 1.807) is 11.3 Å². The van der Waals surface area contributed by atoms with E-state index in [-0.39, 0.29) is 12.0 Å². The van der Waals surface area contributed by atoms with E-state index in [9.17, 15) is 9.90 Å². The van der Waals surface area contributed by atoms with Gasteiger partial charge in [-0.2, -0.15) is 11.3 Å². The molecule has 0 radical (unpaired) electrons. The summed E-state index contributed by atoms with van der Waals surface area (Å²) in [6, 6.07) is 1.62. The van der Waals surface area contributed by atoms with Crippen molar-refractivity contribution in [2.24, 2.45) is 5.92 Å². The third-order valence-corrected chi connectivity index (χ3v) is 3.71. The van der Waals surface area contributed by atoms with Crippen LogP contribution < -0.4 is 5.32 Å². The molecule has 0 amide bonds. The van der Waals surface area contributed by atoms with Crippen LogP contribution in [0.4, 0.5) is 0 Å². The Kier molecular flexibility index (Phi) is 4.15.